The number of ether oxygens (including phenoxy) is 1. The minimum absolute atomic E-state index is 0.590. The SMILES string of the molecule is CCCC(NC)C(CC)Sc1ccc(OC)cc1. The second-order valence-electron chi connectivity index (χ2n) is 4.42. The fraction of sp³-hybridized carbons (Fsp3) is 0.600. The van der Waals surface area contributed by atoms with Crippen LogP contribution in [0.5, 0.6) is 5.75 Å². The Hall–Kier alpha value is -0.670. The highest BCUT2D eigenvalue weighted by Gasteiger charge is 2.18. The number of hydrogen-bond donors (Lipinski definition) is 1. The minimum atomic E-state index is 0.590. The van der Waals surface area contributed by atoms with Gasteiger partial charge in [-0.1, -0.05) is 20.3 Å². The summed E-state index contributed by atoms with van der Waals surface area (Å²) in [5.41, 5.74) is 0. The summed E-state index contributed by atoms with van der Waals surface area (Å²) in [6.45, 7) is 4.51. The molecule has 0 amide bonds. The maximum Gasteiger partial charge on any atom is 0.118 e. The summed E-state index contributed by atoms with van der Waals surface area (Å²) in [6.07, 6.45) is 3.64. The van der Waals surface area contributed by atoms with E-state index in [1.165, 1.54) is 24.2 Å². The Morgan fingerprint density at radius 2 is 1.89 bits per heavy atom. The second kappa shape index (κ2) is 8.44. The van der Waals surface area contributed by atoms with E-state index in [4.69, 9.17) is 4.74 Å². The molecule has 0 saturated carbocycles. The molecule has 18 heavy (non-hydrogen) atoms. The van der Waals surface area contributed by atoms with Crippen molar-refractivity contribution in [2.75, 3.05) is 14.2 Å². The molecule has 2 nitrogen and oxygen atoms in total. The Labute approximate surface area is 116 Å². The number of nitrogens with one attached hydrogen (secondary N) is 1. The molecular formula is C15H25NOS. The third-order valence-electron chi connectivity index (χ3n) is 3.17. The molecule has 0 aliphatic carbocycles. The highest BCUT2D eigenvalue weighted by atomic mass is 32.2. The Kier molecular flexibility index (Phi) is 7.21. The normalized spacial score (nSPS) is 14.2. The van der Waals surface area contributed by atoms with Gasteiger partial charge in [0.1, 0.15) is 5.75 Å². The lowest BCUT2D eigenvalue weighted by Gasteiger charge is -2.25. The second-order valence-corrected chi connectivity index (χ2v) is 5.74. The molecule has 0 heterocycles. The highest BCUT2D eigenvalue weighted by Crippen LogP contribution is 2.30. The number of rotatable bonds is 8. The van der Waals surface area contributed by atoms with Crippen LogP contribution in [0.4, 0.5) is 0 Å². The van der Waals surface area contributed by atoms with E-state index in [0.717, 1.165) is 5.75 Å². The van der Waals surface area contributed by atoms with Crippen LogP contribution in [0.15, 0.2) is 29.2 Å². The molecule has 0 aromatic heterocycles. The molecule has 2 atom stereocenters. The Morgan fingerprint density at radius 1 is 1.22 bits per heavy atom. The summed E-state index contributed by atoms with van der Waals surface area (Å²) in [6, 6.07) is 8.94. The summed E-state index contributed by atoms with van der Waals surface area (Å²) in [5.74, 6) is 0.922. The first-order chi connectivity index (χ1) is 8.74. The van der Waals surface area contributed by atoms with Gasteiger partial charge in [0.15, 0.2) is 0 Å². The molecule has 1 aromatic carbocycles. The zero-order chi connectivity index (χ0) is 13.4. The molecule has 1 aromatic rings. The van der Waals surface area contributed by atoms with E-state index >= 15 is 0 Å². The van der Waals surface area contributed by atoms with E-state index in [0.29, 0.717) is 11.3 Å². The molecule has 102 valence electrons. The van der Waals surface area contributed by atoms with Gasteiger partial charge in [0.05, 0.1) is 7.11 Å². The Bertz CT molecular complexity index is 326. The third-order valence-corrected chi connectivity index (χ3v) is 4.68. The van der Waals surface area contributed by atoms with Gasteiger partial charge < -0.3 is 10.1 Å². The monoisotopic (exact) mass is 267 g/mol. The number of hydrogen-bond acceptors (Lipinski definition) is 3. The van der Waals surface area contributed by atoms with Crippen LogP contribution in [-0.2, 0) is 0 Å². The van der Waals surface area contributed by atoms with Gasteiger partial charge in [0.2, 0.25) is 0 Å². The van der Waals surface area contributed by atoms with Crippen molar-refractivity contribution in [1.29, 1.82) is 0 Å². The van der Waals surface area contributed by atoms with Crippen LogP contribution in [0.1, 0.15) is 33.1 Å². The van der Waals surface area contributed by atoms with Crippen molar-refractivity contribution >= 4 is 11.8 Å². The highest BCUT2D eigenvalue weighted by molar-refractivity contribution is 8.00. The lowest BCUT2D eigenvalue weighted by Crippen LogP contribution is -2.35. The van der Waals surface area contributed by atoms with E-state index in [1.807, 2.05) is 23.9 Å². The first-order valence-corrected chi connectivity index (χ1v) is 7.61. The molecule has 0 fully saturated rings. The molecule has 0 aliphatic heterocycles. The van der Waals surface area contributed by atoms with Crippen molar-refractivity contribution in [3.05, 3.63) is 24.3 Å². The van der Waals surface area contributed by atoms with Gasteiger partial charge >= 0.3 is 0 Å². The van der Waals surface area contributed by atoms with Gasteiger partial charge in [-0.25, -0.2) is 0 Å². The standard InChI is InChI=1S/C15H25NOS/c1-5-7-14(16-3)15(6-2)18-13-10-8-12(17-4)9-11-13/h8-11,14-16H,5-7H2,1-4H3. The Balaban J connectivity index is 2.65. The van der Waals surface area contributed by atoms with Crippen LogP contribution in [0, 0.1) is 0 Å². The van der Waals surface area contributed by atoms with Crippen molar-refractivity contribution in [2.24, 2.45) is 0 Å². The van der Waals surface area contributed by atoms with Crippen molar-refractivity contribution in [3.8, 4) is 5.75 Å². The van der Waals surface area contributed by atoms with Crippen LogP contribution in [0.3, 0.4) is 0 Å². The molecule has 0 spiro atoms. The van der Waals surface area contributed by atoms with E-state index < -0.39 is 0 Å². The fourth-order valence-electron chi connectivity index (χ4n) is 2.11. The molecule has 3 heteroatoms. The topological polar surface area (TPSA) is 21.3 Å². The van der Waals surface area contributed by atoms with Crippen LogP contribution in [-0.4, -0.2) is 25.4 Å². The van der Waals surface area contributed by atoms with E-state index in [2.05, 4.69) is 38.3 Å². The van der Waals surface area contributed by atoms with Gasteiger partial charge in [-0.05, 0) is 44.2 Å². The van der Waals surface area contributed by atoms with Crippen LogP contribution < -0.4 is 10.1 Å². The molecule has 0 saturated heterocycles. The predicted octanol–water partition coefficient (Wildman–Crippen LogP) is 3.95. The summed E-state index contributed by atoms with van der Waals surface area (Å²) < 4.78 is 5.19. The lowest BCUT2D eigenvalue weighted by molar-refractivity contribution is 0.414. The molecule has 0 bridgehead atoms. The van der Waals surface area contributed by atoms with Gasteiger partial charge in [-0.3, -0.25) is 0 Å². The molecule has 1 rings (SSSR count). The number of thioether (sulfide) groups is 1. The Morgan fingerprint density at radius 3 is 2.33 bits per heavy atom. The lowest BCUT2D eigenvalue weighted by atomic mass is 10.1. The maximum atomic E-state index is 5.19. The summed E-state index contributed by atoms with van der Waals surface area (Å²) in [4.78, 5) is 1.32. The summed E-state index contributed by atoms with van der Waals surface area (Å²) in [5, 5.41) is 4.08. The minimum Gasteiger partial charge on any atom is -0.497 e. The van der Waals surface area contributed by atoms with Crippen LogP contribution in [0.25, 0.3) is 0 Å². The van der Waals surface area contributed by atoms with E-state index in [-0.39, 0.29) is 0 Å². The number of benzene rings is 1. The maximum absolute atomic E-state index is 5.19. The fourth-order valence-corrected chi connectivity index (χ4v) is 3.35. The smallest absolute Gasteiger partial charge is 0.118 e. The predicted molar refractivity (Wildman–Crippen MR) is 80.7 cm³/mol. The largest absolute Gasteiger partial charge is 0.497 e. The first-order valence-electron chi connectivity index (χ1n) is 6.73. The van der Waals surface area contributed by atoms with Crippen molar-refractivity contribution in [3.63, 3.8) is 0 Å². The zero-order valence-corrected chi connectivity index (χ0v) is 12.7. The van der Waals surface area contributed by atoms with Crippen molar-refractivity contribution in [2.45, 2.75) is 49.3 Å². The molecular weight excluding hydrogens is 242 g/mol. The van der Waals surface area contributed by atoms with E-state index in [1.54, 1.807) is 7.11 Å². The summed E-state index contributed by atoms with van der Waals surface area (Å²) >= 11 is 1.96. The van der Waals surface area contributed by atoms with Gasteiger partial charge in [0.25, 0.3) is 0 Å². The summed E-state index contributed by atoms with van der Waals surface area (Å²) in [7, 11) is 3.77. The van der Waals surface area contributed by atoms with Crippen molar-refractivity contribution in [1.82, 2.24) is 5.32 Å². The third kappa shape index (κ3) is 4.54. The quantitative estimate of drug-likeness (QED) is 0.721. The molecule has 1 N–H and O–H groups in total. The van der Waals surface area contributed by atoms with Gasteiger partial charge in [0, 0.05) is 16.2 Å². The molecule has 2 unspecified atom stereocenters. The van der Waals surface area contributed by atoms with Gasteiger partial charge in [-0.2, -0.15) is 0 Å². The number of methoxy groups -OCH3 is 1. The zero-order valence-electron chi connectivity index (χ0n) is 11.9. The van der Waals surface area contributed by atoms with Crippen molar-refractivity contribution < 1.29 is 4.74 Å². The average Bonchev–Trinajstić information content (AvgIpc) is 2.43. The van der Waals surface area contributed by atoms with Gasteiger partial charge in [-0.15, -0.1) is 11.8 Å². The first kappa shape index (κ1) is 15.4. The van der Waals surface area contributed by atoms with Crippen LogP contribution in [0.2, 0.25) is 0 Å². The van der Waals surface area contributed by atoms with E-state index in [9.17, 15) is 0 Å². The van der Waals surface area contributed by atoms with Crippen LogP contribution >= 0.6 is 11.8 Å². The average molecular weight is 267 g/mol. The molecule has 0 aliphatic rings. The molecule has 0 radical (unpaired) electrons.